The van der Waals surface area contributed by atoms with E-state index in [0.29, 0.717) is 19.6 Å². The highest BCUT2D eigenvalue weighted by atomic mass is 16.2. The number of aromatic nitrogens is 1. The van der Waals surface area contributed by atoms with Gasteiger partial charge < -0.3 is 20.4 Å². The Kier molecular flexibility index (Phi) is 8.06. The highest BCUT2D eigenvalue weighted by molar-refractivity contribution is 5.78. The van der Waals surface area contributed by atoms with Crippen LogP contribution in [0.25, 0.3) is 0 Å². The minimum atomic E-state index is -0.191. The second-order valence-corrected chi connectivity index (χ2v) is 7.67. The summed E-state index contributed by atoms with van der Waals surface area (Å²) in [6.45, 7) is 3.40. The van der Waals surface area contributed by atoms with Crippen LogP contribution in [0.5, 0.6) is 0 Å². The molecule has 1 fully saturated rings. The van der Waals surface area contributed by atoms with Crippen LogP contribution in [0.2, 0.25) is 0 Å². The number of carbonyl (C=O) groups is 2. The van der Waals surface area contributed by atoms with E-state index in [4.69, 9.17) is 0 Å². The summed E-state index contributed by atoms with van der Waals surface area (Å²) in [6.07, 6.45) is 5.80. The molecule has 0 unspecified atom stereocenters. The molecule has 3 amide bonds. The number of urea groups is 1. The van der Waals surface area contributed by atoms with Gasteiger partial charge in [-0.05, 0) is 36.5 Å². The van der Waals surface area contributed by atoms with E-state index >= 15 is 0 Å². The summed E-state index contributed by atoms with van der Waals surface area (Å²) >= 11 is 0. The number of benzene rings is 1. The quantitative estimate of drug-likeness (QED) is 0.703. The third kappa shape index (κ3) is 6.76. The molecule has 1 aliphatic rings. The highest BCUT2D eigenvalue weighted by Gasteiger charge is 2.12. The molecule has 0 spiro atoms. The Morgan fingerprint density at radius 2 is 1.77 bits per heavy atom. The molecule has 0 saturated carbocycles. The zero-order valence-corrected chi connectivity index (χ0v) is 17.6. The molecular formula is C23H31N5O2. The van der Waals surface area contributed by atoms with Gasteiger partial charge in [0.1, 0.15) is 5.82 Å². The number of hydrogen-bond donors (Lipinski definition) is 2. The fourth-order valence-corrected chi connectivity index (χ4v) is 3.47. The van der Waals surface area contributed by atoms with E-state index in [9.17, 15) is 9.59 Å². The smallest absolute Gasteiger partial charge is 0.317 e. The summed E-state index contributed by atoms with van der Waals surface area (Å²) in [7, 11) is 1.74. The van der Waals surface area contributed by atoms with Crippen molar-refractivity contribution in [2.75, 3.05) is 31.6 Å². The van der Waals surface area contributed by atoms with Gasteiger partial charge in [-0.15, -0.1) is 0 Å². The summed E-state index contributed by atoms with van der Waals surface area (Å²) in [4.78, 5) is 32.7. The van der Waals surface area contributed by atoms with Gasteiger partial charge in [-0.1, -0.05) is 36.4 Å². The normalized spacial score (nSPS) is 13.6. The van der Waals surface area contributed by atoms with Gasteiger partial charge in [0.05, 0.1) is 0 Å². The Hall–Kier alpha value is -3.09. The van der Waals surface area contributed by atoms with Crippen molar-refractivity contribution in [3.63, 3.8) is 0 Å². The summed E-state index contributed by atoms with van der Waals surface area (Å²) < 4.78 is 0. The van der Waals surface area contributed by atoms with Gasteiger partial charge in [0.15, 0.2) is 0 Å². The van der Waals surface area contributed by atoms with Crippen LogP contribution in [-0.4, -0.2) is 48.5 Å². The lowest BCUT2D eigenvalue weighted by Gasteiger charge is -2.27. The monoisotopic (exact) mass is 409 g/mol. The topological polar surface area (TPSA) is 77.6 Å². The molecule has 7 nitrogen and oxygen atoms in total. The molecule has 1 aromatic carbocycles. The predicted octanol–water partition coefficient (Wildman–Crippen LogP) is 2.92. The average Bonchev–Trinajstić information content (AvgIpc) is 2.79. The van der Waals surface area contributed by atoms with Crippen molar-refractivity contribution in [2.24, 2.45) is 0 Å². The minimum Gasteiger partial charge on any atom is -0.357 e. The van der Waals surface area contributed by atoms with E-state index in [1.54, 1.807) is 11.9 Å². The third-order valence-corrected chi connectivity index (χ3v) is 5.22. The standard InChI is InChI=1S/C23H31N5O2/c1-27(18-19-8-4-2-5-9-19)23(30)24-13-12-22(29)26-17-20-10-11-21(25-16-20)28-14-6-3-7-15-28/h2,4-5,8-11,16H,3,6-7,12-15,17-18H2,1H3,(H,24,30)(H,26,29). The summed E-state index contributed by atoms with van der Waals surface area (Å²) in [6, 6.07) is 13.6. The molecule has 2 heterocycles. The van der Waals surface area contributed by atoms with Crippen molar-refractivity contribution in [2.45, 2.75) is 38.8 Å². The minimum absolute atomic E-state index is 0.0962. The van der Waals surface area contributed by atoms with Gasteiger partial charge in [0, 0.05) is 52.4 Å². The molecule has 2 aromatic rings. The SMILES string of the molecule is CN(Cc1ccccc1)C(=O)NCCC(=O)NCc1ccc(N2CCCCC2)nc1. The fraction of sp³-hybridized carbons (Fsp3) is 0.435. The molecule has 0 bridgehead atoms. The second kappa shape index (κ2) is 11.2. The van der Waals surface area contributed by atoms with E-state index in [1.807, 2.05) is 48.7 Å². The van der Waals surface area contributed by atoms with E-state index < -0.39 is 0 Å². The van der Waals surface area contributed by atoms with Crippen LogP contribution in [0.15, 0.2) is 48.7 Å². The van der Waals surface area contributed by atoms with E-state index in [-0.39, 0.29) is 18.4 Å². The first kappa shape index (κ1) is 21.6. The fourth-order valence-electron chi connectivity index (χ4n) is 3.47. The molecule has 30 heavy (non-hydrogen) atoms. The first-order chi connectivity index (χ1) is 14.6. The Morgan fingerprint density at radius 3 is 2.47 bits per heavy atom. The molecule has 1 aromatic heterocycles. The largest absolute Gasteiger partial charge is 0.357 e. The maximum absolute atomic E-state index is 12.1. The Balaban J connectivity index is 1.33. The van der Waals surface area contributed by atoms with Crippen molar-refractivity contribution in [3.05, 3.63) is 59.8 Å². The van der Waals surface area contributed by atoms with Crippen molar-refractivity contribution in [1.29, 1.82) is 0 Å². The maximum atomic E-state index is 12.1. The highest BCUT2D eigenvalue weighted by Crippen LogP contribution is 2.17. The molecule has 0 radical (unpaired) electrons. The van der Waals surface area contributed by atoms with Crippen molar-refractivity contribution >= 4 is 17.8 Å². The predicted molar refractivity (Wildman–Crippen MR) is 118 cm³/mol. The number of nitrogens with one attached hydrogen (secondary N) is 2. The van der Waals surface area contributed by atoms with Crippen molar-refractivity contribution in [1.82, 2.24) is 20.5 Å². The summed E-state index contributed by atoms with van der Waals surface area (Å²) in [5, 5.41) is 5.67. The molecule has 3 rings (SSSR count). The number of carbonyl (C=O) groups excluding carboxylic acids is 2. The van der Waals surface area contributed by atoms with Gasteiger partial charge >= 0.3 is 6.03 Å². The van der Waals surface area contributed by atoms with Gasteiger partial charge in [-0.25, -0.2) is 9.78 Å². The number of pyridine rings is 1. The molecule has 160 valence electrons. The lowest BCUT2D eigenvalue weighted by molar-refractivity contribution is -0.121. The Morgan fingerprint density at radius 1 is 1.00 bits per heavy atom. The Labute approximate surface area is 178 Å². The first-order valence-corrected chi connectivity index (χ1v) is 10.6. The summed E-state index contributed by atoms with van der Waals surface area (Å²) in [5.41, 5.74) is 2.03. The van der Waals surface area contributed by atoms with Gasteiger partial charge in [-0.2, -0.15) is 0 Å². The van der Waals surface area contributed by atoms with Crippen molar-refractivity contribution in [3.8, 4) is 0 Å². The third-order valence-electron chi connectivity index (χ3n) is 5.22. The van der Waals surface area contributed by atoms with Crippen molar-refractivity contribution < 1.29 is 9.59 Å². The molecule has 0 atom stereocenters. The second-order valence-electron chi connectivity index (χ2n) is 7.67. The van der Waals surface area contributed by atoms with Crippen LogP contribution in [0.3, 0.4) is 0 Å². The van der Waals surface area contributed by atoms with Gasteiger partial charge in [0.25, 0.3) is 0 Å². The molecule has 2 N–H and O–H groups in total. The number of rotatable bonds is 8. The number of piperidine rings is 1. The molecular weight excluding hydrogens is 378 g/mol. The molecule has 7 heteroatoms. The lowest BCUT2D eigenvalue weighted by Crippen LogP contribution is -2.38. The van der Waals surface area contributed by atoms with E-state index in [1.165, 1.54) is 19.3 Å². The molecule has 0 aliphatic carbocycles. The van der Waals surface area contributed by atoms with Crippen LogP contribution in [0, 0.1) is 0 Å². The van der Waals surface area contributed by atoms with Crippen LogP contribution < -0.4 is 15.5 Å². The maximum Gasteiger partial charge on any atom is 0.317 e. The van der Waals surface area contributed by atoms with E-state index in [2.05, 4.69) is 20.5 Å². The zero-order valence-electron chi connectivity index (χ0n) is 17.6. The molecule has 1 aliphatic heterocycles. The van der Waals surface area contributed by atoms with Crippen LogP contribution >= 0.6 is 0 Å². The van der Waals surface area contributed by atoms with Crippen LogP contribution in [-0.2, 0) is 17.9 Å². The number of nitrogens with zero attached hydrogens (tertiary/aromatic N) is 3. The summed E-state index contributed by atoms with van der Waals surface area (Å²) in [5.74, 6) is 0.910. The van der Waals surface area contributed by atoms with Crippen LogP contribution in [0.1, 0.15) is 36.8 Å². The number of amides is 3. The lowest BCUT2D eigenvalue weighted by atomic mass is 10.1. The van der Waals surface area contributed by atoms with Gasteiger partial charge in [0.2, 0.25) is 5.91 Å². The number of hydrogen-bond acceptors (Lipinski definition) is 4. The Bertz CT molecular complexity index is 804. The number of anilines is 1. The van der Waals surface area contributed by atoms with Crippen LogP contribution in [0.4, 0.5) is 10.6 Å². The van der Waals surface area contributed by atoms with Gasteiger partial charge in [-0.3, -0.25) is 4.79 Å². The molecule has 1 saturated heterocycles. The van der Waals surface area contributed by atoms with E-state index in [0.717, 1.165) is 30.0 Å². The average molecular weight is 410 g/mol. The first-order valence-electron chi connectivity index (χ1n) is 10.6. The zero-order chi connectivity index (χ0) is 21.2.